The van der Waals surface area contributed by atoms with Crippen molar-refractivity contribution in [2.45, 2.75) is 26.3 Å². The Kier molecular flexibility index (Phi) is 3.90. The molecule has 2 aromatic rings. The van der Waals surface area contributed by atoms with Crippen LogP contribution in [0.25, 0.3) is 11.3 Å². The van der Waals surface area contributed by atoms with Crippen molar-refractivity contribution in [3.05, 3.63) is 46.2 Å². The molecule has 0 amide bonds. The molecule has 3 N–H and O–H groups in total. The predicted molar refractivity (Wildman–Crippen MR) is 78.7 cm³/mol. The van der Waals surface area contributed by atoms with Gasteiger partial charge in [-0.2, -0.15) is 5.10 Å². The van der Waals surface area contributed by atoms with Crippen molar-refractivity contribution in [1.82, 2.24) is 10.2 Å². The second-order valence-electron chi connectivity index (χ2n) is 5.15. The molecule has 0 aliphatic rings. The largest absolute Gasteiger partial charge is 0.493 e. The normalized spacial score (nSPS) is 11.4. The minimum Gasteiger partial charge on any atom is -0.493 e. The molecule has 1 heterocycles. The van der Waals surface area contributed by atoms with Gasteiger partial charge in [0, 0.05) is 16.7 Å². The Morgan fingerprint density at radius 1 is 1.35 bits per heavy atom. The number of nitrogens with zero attached hydrogens (tertiary/aromatic N) is 1. The van der Waals surface area contributed by atoms with Gasteiger partial charge in [0.1, 0.15) is 5.75 Å². The summed E-state index contributed by atoms with van der Waals surface area (Å²) in [4.78, 5) is 11.8. The Morgan fingerprint density at radius 3 is 2.70 bits per heavy atom. The number of nitrogens with two attached hydrogens (primary N) is 1. The van der Waals surface area contributed by atoms with Gasteiger partial charge in [0.05, 0.1) is 12.3 Å². The number of aromatic amines is 1. The Labute approximate surface area is 117 Å². The lowest BCUT2D eigenvalue weighted by Gasteiger charge is -2.18. The zero-order valence-corrected chi connectivity index (χ0v) is 11.9. The average Bonchev–Trinajstić information content (AvgIpc) is 2.39. The number of hydrogen-bond donors (Lipinski definition) is 2. The van der Waals surface area contributed by atoms with Crippen molar-refractivity contribution in [2.24, 2.45) is 5.73 Å². The first kappa shape index (κ1) is 14.3. The van der Waals surface area contributed by atoms with E-state index < -0.39 is 5.54 Å². The number of nitrogens with one attached hydrogen (secondary N) is 1. The van der Waals surface area contributed by atoms with Crippen molar-refractivity contribution < 1.29 is 4.74 Å². The summed E-state index contributed by atoms with van der Waals surface area (Å²) < 4.78 is 5.58. The fourth-order valence-electron chi connectivity index (χ4n) is 1.98. The molecule has 0 aliphatic heterocycles. The molecule has 0 bridgehead atoms. The minimum absolute atomic E-state index is 0.268. The number of ether oxygens (including phenoxy) is 1. The average molecular weight is 273 g/mol. The summed E-state index contributed by atoms with van der Waals surface area (Å²) in [7, 11) is 0. The molecule has 20 heavy (non-hydrogen) atoms. The van der Waals surface area contributed by atoms with Crippen LogP contribution in [0.3, 0.4) is 0 Å². The quantitative estimate of drug-likeness (QED) is 0.893. The third-order valence-electron chi connectivity index (χ3n) is 2.96. The van der Waals surface area contributed by atoms with Gasteiger partial charge in [0.2, 0.25) is 0 Å². The van der Waals surface area contributed by atoms with Crippen molar-refractivity contribution in [3.8, 4) is 17.0 Å². The van der Waals surface area contributed by atoms with Crippen LogP contribution in [0.2, 0.25) is 0 Å². The molecule has 0 fully saturated rings. The zero-order chi connectivity index (χ0) is 14.8. The van der Waals surface area contributed by atoms with Gasteiger partial charge in [-0.3, -0.25) is 4.79 Å². The van der Waals surface area contributed by atoms with Crippen LogP contribution < -0.4 is 16.0 Å². The third-order valence-corrected chi connectivity index (χ3v) is 2.96. The topological polar surface area (TPSA) is 81.0 Å². The summed E-state index contributed by atoms with van der Waals surface area (Å²) in [5.41, 5.74) is 6.99. The third kappa shape index (κ3) is 2.88. The van der Waals surface area contributed by atoms with E-state index in [2.05, 4.69) is 10.2 Å². The van der Waals surface area contributed by atoms with Gasteiger partial charge in [-0.1, -0.05) is 12.1 Å². The zero-order valence-electron chi connectivity index (χ0n) is 11.9. The molecule has 0 unspecified atom stereocenters. The number of aromatic nitrogens is 2. The summed E-state index contributed by atoms with van der Waals surface area (Å²) in [6, 6.07) is 9.29. The van der Waals surface area contributed by atoms with E-state index in [1.165, 1.54) is 0 Å². The number of para-hydroxylation sites is 1. The van der Waals surface area contributed by atoms with Crippen LogP contribution in [-0.4, -0.2) is 16.8 Å². The summed E-state index contributed by atoms with van der Waals surface area (Å²) in [6.07, 6.45) is 0. The lowest BCUT2D eigenvalue weighted by molar-refractivity contribution is 0.341. The molecular formula is C15H19N3O2. The van der Waals surface area contributed by atoms with Gasteiger partial charge >= 0.3 is 0 Å². The Morgan fingerprint density at radius 2 is 2.05 bits per heavy atom. The van der Waals surface area contributed by atoms with E-state index in [0.717, 1.165) is 11.3 Å². The highest BCUT2D eigenvalue weighted by Gasteiger charge is 2.20. The van der Waals surface area contributed by atoms with Crippen LogP contribution in [0.4, 0.5) is 0 Å². The maximum Gasteiger partial charge on any atom is 0.269 e. The molecule has 106 valence electrons. The molecule has 5 nitrogen and oxygen atoms in total. The smallest absolute Gasteiger partial charge is 0.269 e. The van der Waals surface area contributed by atoms with Gasteiger partial charge in [-0.25, -0.2) is 5.10 Å². The number of benzene rings is 1. The summed E-state index contributed by atoms with van der Waals surface area (Å²) in [6.45, 7) is 6.06. The van der Waals surface area contributed by atoms with E-state index in [-0.39, 0.29) is 5.56 Å². The number of hydrogen-bond acceptors (Lipinski definition) is 4. The summed E-state index contributed by atoms with van der Waals surface area (Å²) in [5, 5.41) is 6.59. The summed E-state index contributed by atoms with van der Waals surface area (Å²) >= 11 is 0. The molecular weight excluding hydrogens is 254 g/mol. The molecule has 5 heteroatoms. The Hall–Kier alpha value is -2.14. The van der Waals surface area contributed by atoms with E-state index in [4.69, 9.17) is 10.5 Å². The van der Waals surface area contributed by atoms with E-state index >= 15 is 0 Å². The van der Waals surface area contributed by atoms with Crippen LogP contribution in [0.15, 0.2) is 35.1 Å². The maximum absolute atomic E-state index is 11.8. The molecule has 0 saturated heterocycles. The lowest BCUT2D eigenvalue weighted by Crippen LogP contribution is -2.35. The maximum atomic E-state index is 11.8. The molecule has 1 aromatic heterocycles. The molecule has 0 aliphatic carbocycles. The second-order valence-corrected chi connectivity index (χ2v) is 5.15. The molecule has 0 saturated carbocycles. The fraction of sp³-hybridized carbons (Fsp3) is 0.333. The molecule has 0 radical (unpaired) electrons. The Balaban J connectivity index is 2.57. The lowest BCUT2D eigenvalue weighted by atomic mass is 9.96. The number of rotatable bonds is 4. The molecule has 0 atom stereocenters. The van der Waals surface area contributed by atoms with Crippen LogP contribution in [0.5, 0.6) is 5.75 Å². The van der Waals surface area contributed by atoms with Crippen LogP contribution in [0.1, 0.15) is 26.3 Å². The van der Waals surface area contributed by atoms with E-state index in [1.807, 2.05) is 31.2 Å². The van der Waals surface area contributed by atoms with Crippen molar-refractivity contribution in [1.29, 1.82) is 0 Å². The van der Waals surface area contributed by atoms with Gasteiger partial charge < -0.3 is 10.5 Å². The van der Waals surface area contributed by atoms with E-state index in [9.17, 15) is 4.79 Å². The monoisotopic (exact) mass is 273 g/mol. The van der Waals surface area contributed by atoms with E-state index in [0.29, 0.717) is 17.9 Å². The van der Waals surface area contributed by atoms with Gasteiger partial charge in [-0.15, -0.1) is 0 Å². The highest BCUT2D eigenvalue weighted by molar-refractivity contribution is 5.67. The predicted octanol–water partition coefficient (Wildman–Crippen LogP) is 2.03. The first-order valence-corrected chi connectivity index (χ1v) is 6.54. The molecule has 0 spiro atoms. The standard InChI is InChI=1S/C15H19N3O2/c1-4-20-13-8-6-5-7-10(13)12-9-11(15(2,3)16)14(19)18-17-12/h5-9H,4,16H2,1-3H3,(H,18,19). The van der Waals surface area contributed by atoms with Crippen molar-refractivity contribution in [3.63, 3.8) is 0 Å². The first-order valence-electron chi connectivity index (χ1n) is 6.54. The number of H-pyrrole nitrogens is 1. The Bertz CT molecular complexity index is 657. The molecule has 2 rings (SSSR count). The van der Waals surface area contributed by atoms with Crippen molar-refractivity contribution in [2.75, 3.05) is 6.61 Å². The highest BCUT2D eigenvalue weighted by Crippen LogP contribution is 2.29. The SMILES string of the molecule is CCOc1ccccc1-c1cc(C(C)(C)N)c(=O)[nH]n1. The second kappa shape index (κ2) is 5.46. The van der Waals surface area contributed by atoms with Gasteiger partial charge in [0.15, 0.2) is 0 Å². The van der Waals surface area contributed by atoms with Crippen LogP contribution >= 0.6 is 0 Å². The van der Waals surface area contributed by atoms with E-state index in [1.54, 1.807) is 19.9 Å². The minimum atomic E-state index is -0.730. The van der Waals surface area contributed by atoms with Crippen molar-refractivity contribution >= 4 is 0 Å². The van der Waals surface area contributed by atoms with Crippen LogP contribution in [-0.2, 0) is 5.54 Å². The van der Waals surface area contributed by atoms with Crippen LogP contribution in [0, 0.1) is 0 Å². The van der Waals surface area contributed by atoms with Gasteiger partial charge in [0.25, 0.3) is 5.56 Å². The highest BCUT2D eigenvalue weighted by atomic mass is 16.5. The first-order chi connectivity index (χ1) is 9.43. The summed E-state index contributed by atoms with van der Waals surface area (Å²) in [5.74, 6) is 0.732. The fourth-order valence-corrected chi connectivity index (χ4v) is 1.98. The molecule has 1 aromatic carbocycles. The van der Waals surface area contributed by atoms with Gasteiger partial charge in [-0.05, 0) is 39.0 Å².